The normalized spacial score (nSPS) is 18.5. The van der Waals surface area contributed by atoms with Gasteiger partial charge in [0.2, 0.25) is 5.91 Å². The highest BCUT2D eigenvalue weighted by Crippen LogP contribution is 2.23. The van der Waals surface area contributed by atoms with Crippen LogP contribution in [0.15, 0.2) is 24.3 Å². The molecule has 140 valence electrons. The lowest BCUT2D eigenvalue weighted by molar-refractivity contribution is -0.137. The van der Waals surface area contributed by atoms with Crippen LogP contribution in [-0.4, -0.2) is 60.9 Å². The molecule has 2 aliphatic heterocycles. The second-order valence-corrected chi connectivity index (χ2v) is 7.02. The molecule has 6 heteroatoms. The third-order valence-electron chi connectivity index (χ3n) is 5.35. The van der Waals surface area contributed by atoms with E-state index in [9.17, 15) is 14.4 Å². The van der Waals surface area contributed by atoms with Crippen molar-refractivity contribution in [2.75, 3.05) is 33.3 Å². The zero-order valence-corrected chi connectivity index (χ0v) is 15.3. The first-order valence-electron chi connectivity index (χ1n) is 9.36. The number of carbonyl (C=O) groups is 3. The fraction of sp³-hybridized carbons (Fsp3) is 0.550. The van der Waals surface area contributed by atoms with E-state index in [0.717, 1.165) is 38.8 Å². The Balaban J connectivity index is 1.54. The van der Waals surface area contributed by atoms with E-state index in [1.54, 1.807) is 29.2 Å². The third-order valence-corrected chi connectivity index (χ3v) is 5.35. The minimum absolute atomic E-state index is 0.0406. The smallest absolute Gasteiger partial charge is 0.337 e. The largest absolute Gasteiger partial charge is 0.465 e. The van der Waals surface area contributed by atoms with Crippen LogP contribution >= 0.6 is 0 Å². The highest BCUT2D eigenvalue weighted by Gasteiger charge is 2.31. The van der Waals surface area contributed by atoms with Gasteiger partial charge in [0, 0.05) is 37.7 Å². The molecule has 0 unspecified atom stereocenters. The average Bonchev–Trinajstić information content (AvgIpc) is 2.73. The fourth-order valence-electron chi connectivity index (χ4n) is 3.75. The lowest BCUT2D eigenvalue weighted by atomic mass is 9.94. The average molecular weight is 358 g/mol. The predicted octanol–water partition coefficient (Wildman–Crippen LogP) is 2.34. The molecule has 1 aromatic carbocycles. The Labute approximate surface area is 154 Å². The SMILES string of the molecule is COC(=O)c1ccc(C(=O)N2CCC(C(=O)N3CCCCC3)CC2)cc1. The molecule has 2 aliphatic rings. The van der Waals surface area contributed by atoms with Gasteiger partial charge in [-0.2, -0.15) is 0 Å². The standard InChI is InChI=1S/C20H26N2O4/c1-26-20(25)17-7-5-15(6-8-17)18(23)22-13-9-16(10-14-22)19(24)21-11-3-2-4-12-21/h5-8,16H,2-4,9-14H2,1H3. The summed E-state index contributed by atoms with van der Waals surface area (Å²) in [6.07, 6.45) is 4.86. The van der Waals surface area contributed by atoms with E-state index in [4.69, 9.17) is 0 Å². The summed E-state index contributed by atoms with van der Waals surface area (Å²) in [4.78, 5) is 40.5. The van der Waals surface area contributed by atoms with E-state index in [1.165, 1.54) is 13.5 Å². The summed E-state index contributed by atoms with van der Waals surface area (Å²) >= 11 is 0. The Morgan fingerprint density at radius 1 is 0.846 bits per heavy atom. The van der Waals surface area contributed by atoms with Gasteiger partial charge in [0.1, 0.15) is 0 Å². The summed E-state index contributed by atoms with van der Waals surface area (Å²) in [6, 6.07) is 6.51. The van der Waals surface area contributed by atoms with E-state index in [0.29, 0.717) is 24.2 Å². The summed E-state index contributed by atoms with van der Waals surface area (Å²) in [7, 11) is 1.33. The van der Waals surface area contributed by atoms with Crippen LogP contribution in [0, 0.1) is 5.92 Å². The number of hydrogen-bond donors (Lipinski definition) is 0. The molecule has 1 aromatic rings. The number of esters is 1. The van der Waals surface area contributed by atoms with Gasteiger partial charge >= 0.3 is 5.97 Å². The summed E-state index contributed by atoms with van der Waals surface area (Å²) < 4.78 is 4.67. The summed E-state index contributed by atoms with van der Waals surface area (Å²) in [5.74, 6) is -0.163. The molecule has 26 heavy (non-hydrogen) atoms. The van der Waals surface area contributed by atoms with Gasteiger partial charge in [0.05, 0.1) is 12.7 Å². The number of likely N-dealkylation sites (tertiary alicyclic amines) is 2. The molecule has 6 nitrogen and oxygen atoms in total. The third kappa shape index (κ3) is 4.06. The quantitative estimate of drug-likeness (QED) is 0.778. The van der Waals surface area contributed by atoms with Gasteiger partial charge in [0.15, 0.2) is 0 Å². The van der Waals surface area contributed by atoms with Crippen LogP contribution in [0.3, 0.4) is 0 Å². The number of hydrogen-bond acceptors (Lipinski definition) is 4. The molecule has 2 saturated heterocycles. The number of benzene rings is 1. The van der Waals surface area contributed by atoms with Crippen molar-refractivity contribution in [3.63, 3.8) is 0 Å². The van der Waals surface area contributed by atoms with Gasteiger partial charge < -0.3 is 14.5 Å². The van der Waals surface area contributed by atoms with Crippen LogP contribution in [0.4, 0.5) is 0 Å². The number of carbonyl (C=O) groups excluding carboxylic acids is 3. The zero-order chi connectivity index (χ0) is 18.5. The summed E-state index contributed by atoms with van der Waals surface area (Å²) in [6.45, 7) is 2.96. The van der Waals surface area contributed by atoms with Crippen molar-refractivity contribution in [1.82, 2.24) is 9.80 Å². The van der Waals surface area contributed by atoms with Crippen molar-refractivity contribution < 1.29 is 19.1 Å². The van der Waals surface area contributed by atoms with Crippen LogP contribution in [0.1, 0.15) is 52.8 Å². The van der Waals surface area contributed by atoms with Gasteiger partial charge in [-0.1, -0.05) is 0 Å². The highest BCUT2D eigenvalue weighted by atomic mass is 16.5. The van der Waals surface area contributed by atoms with Crippen LogP contribution in [0.5, 0.6) is 0 Å². The summed E-state index contributed by atoms with van der Waals surface area (Å²) in [5, 5.41) is 0. The van der Waals surface area contributed by atoms with Crippen molar-refractivity contribution >= 4 is 17.8 Å². The first-order chi connectivity index (χ1) is 12.6. The first kappa shape index (κ1) is 18.4. The van der Waals surface area contributed by atoms with Crippen molar-refractivity contribution in [3.05, 3.63) is 35.4 Å². The van der Waals surface area contributed by atoms with E-state index >= 15 is 0 Å². The number of nitrogens with zero attached hydrogens (tertiary/aromatic N) is 2. The van der Waals surface area contributed by atoms with Crippen LogP contribution in [0.25, 0.3) is 0 Å². The molecule has 0 N–H and O–H groups in total. The minimum Gasteiger partial charge on any atom is -0.465 e. The number of amides is 2. The van der Waals surface area contributed by atoms with E-state index in [2.05, 4.69) is 4.74 Å². The van der Waals surface area contributed by atoms with E-state index in [1.807, 2.05) is 4.90 Å². The molecule has 0 atom stereocenters. The molecule has 2 amide bonds. The molecule has 0 spiro atoms. The van der Waals surface area contributed by atoms with Gasteiger partial charge in [-0.25, -0.2) is 4.79 Å². The molecule has 3 rings (SSSR count). The topological polar surface area (TPSA) is 66.9 Å². The van der Waals surface area contributed by atoms with Crippen molar-refractivity contribution in [1.29, 1.82) is 0 Å². The Hall–Kier alpha value is -2.37. The van der Waals surface area contributed by atoms with E-state index in [-0.39, 0.29) is 17.7 Å². The van der Waals surface area contributed by atoms with Crippen molar-refractivity contribution in [2.45, 2.75) is 32.1 Å². The zero-order valence-electron chi connectivity index (χ0n) is 15.3. The predicted molar refractivity (Wildman–Crippen MR) is 96.8 cm³/mol. The molecular weight excluding hydrogens is 332 g/mol. The van der Waals surface area contributed by atoms with Gasteiger partial charge in [-0.15, -0.1) is 0 Å². The maximum Gasteiger partial charge on any atom is 0.337 e. The highest BCUT2D eigenvalue weighted by molar-refractivity contribution is 5.96. The van der Waals surface area contributed by atoms with Crippen molar-refractivity contribution in [3.8, 4) is 0 Å². The van der Waals surface area contributed by atoms with Gasteiger partial charge in [-0.05, 0) is 56.4 Å². The molecule has 2 fully saturated rings. The lowest BCUT2D eigenvalue weighted by Crippen LogP contribution is -2.45. The molecule has 0 aromatic heterocycles. The number of piperidine rings is 2. The van der Waals surface area contributed by atoms with Crippen LogP contribution in [-0.2, 0) is 9.53 Å². The monoisotopic (exact) mass is 358 g/mol. The number of rotatable bonds is 3. The molecular formula is C20H26N2O4. The fourth-order valence-corrected chi connectivity index (χ4v) is 3.75. The van der Waals surface area contributed by atoms with Crippen LogP contribution in [0.2, 0.25) is 0 Å². The molecule has 0 saturated carbocycles. The maximum atomic E-state index is 12.6. The minimum atomic E-state index is -0.416. The molecule has 0 aliphatic carbocycles. The van der Waals surface area contributed by atoms with Gasteiger partial charge in [0.25, 0.3) is 5.91 Å². The molecule has 0 bridgehead atoms. The van der Waals surface area contributed by atoms with E-state index < -0.39 is 5.97 Å². The molecule has 2 heterocycles. The van der Waals surface area contributed by atoms with Gasteiger partial charge in [-0.3, -0.25) is 9.59 Å². The Bertz CT molecular complexity index is 657. The number of ether oxygens (including phenoxy) is 1. The Morgan fingerprint density at radius 2 is 1.42 bits per heavy atom. The maximum absolute atomic E-state index is 12.6. The number of methoxy groups -OCH3 is 1. The van der Waals surface area contributed by atoms with Crippen molar-refractivity contribution in [2.24, 2.45) is 5.92 Å². The second-order valence-electron chi connectivity index (χ2n) is 7.02. The Kier molecular flexibility index (Phi) is 5.91. The lowest BCUT2D eigenvalue weighted by Gasteiger charge is -2.35. The Morgan fingerprint density at radius 3 is 2.00 bits per heavy atom. The second kappa shape index (κ2) is 8.34. The van der Waals surface area contributed by atoms with Crippen LogP contribution < -0.4 is 0 Å². The molecule has 0 radical (unpaired) electrons. The summed E-state index contributed by atoms with van der Waals surface area (Å²) in [5.41, 5.74) is 0.980. The first-order valence-corrected chi connectivity index (χ1v) is 9.36.